The number of carbonyl (C=O) groups excluding carboxylic acids is 1. The monoisotopic (exact) mass is 271 g/mol. The first-order valence-electron chi connectivity index (χ1n) is 7.07. The molecule has 0 atom stereocenters. The number of nitrogens with one attached hydrogen (secondary N) is 1. The molecule has 1 aromatic carbocycles. The lowest BCUT2D eigenvalue weighted by atomic mass is 10.0. The van der Waals surface area contributed by atoms with Crippen molar-refractivity contribution in [1.82, 2.24) is 10.2 Å². The first-order valence-corrected chi connectivity index (χ1v) is 7.07. The van der Waals surface area contributed by atoms with Crippen LogP contribution in [0.4, 0.5) is 0 Å². The van der Waals surface area contributed by atoms with Crippen molar-refractivity contribution < 1.29 is 4.79 Å². The van der Waals surface area contributed by atoms with E-state index in [1.54, 1.807) is 6.92 Å². The second-order valence-electron chi connectivity index (χ2n) is 5.51. The van der Waals surface area contributed by atoms with Crippen LogP contribution in [0.25, 0.3) is 0 Å². The van der Waals surface area contributed by atoms with Crippen molar-refractivity contribution >= 4 is 5.91 Å². The molecular weight excluding hydrogens is 250 g/mol. The number of benzene rings is 1. The second-order valence-corrected chi connectivity index (χ2v) is 5.51. The molecule has 4 nitrogen and oxygen atoms in total. The summed E-state index contributed by atoms with van der Waals surface area (Å²) in [6, 6.07) is 8.55. The Morgan fingerprint density at radius 3 is 2.70 bits per heavy atom. The summed E-state index contributed by atoms with van der Waals surface area (Å²) in [6.45, 7) is 6.48. The number of likely N-dealkylation sites (tertiary alicyclic amines) is 1. The predicted molar refractivity (Wildman–Crippen MR) is 78.0 cm³/mol. The highest BCUT2D eigenvalue weighted by Gasteiger charge is 2.19. The van der Waals surface area contributed by atoms with Gasteiger partial charge in [-0.2, -0.15) is 5.26 Å². The van der Waals surface area contributed by atoms with E-state index in [2.05, 4.69) is 22.4 Å². The number of hydrogen-bond acceptors (Lipinski definition) is 3. The highest BCUT2D eigenvalue weighted by Crippen LogP contribution is 2.16. The normalized spacial score (nSPS) is 16.6. The molecule has 2 rings (SSSR count). The van der Waals surface area contributed by atoms with E-state index in [4.69, 9.17) is 5.26 Å². The number of rotatable bonds is 3. The van der Waals surface area contributed by atoms with E-state index in [9.17, 15) is 4.79 Å². The van der Waals surface area contributed by atoms with E-state index >= 15 is 0 Å². The molecule has 1 aromatic rings. The Kier molecular flexibility index (Phi) is 4.75. The molecule has 1 aliphatic rings. The van der Waals surface area contributed by atoms with E-state index in [1.165, 1.54) is 5.56 Å². The fourth-order valence-electron chi connectivity index (χ4n) is 2.73. The summed E-state index contributed by atoms with van der Waals surface area (Å²) >= 11 is 0. The van der Waals surface area contributed by atoms with Crippen LogP contribution in [0.5, 0.6) is 0 Å². The van der Waals surface area contributed by atoms with E-state index in [0.717, 1.165) is 43.6 Å². The quantitative estimate of drug-likeness (QED) is 0.914. The molecule has 1 N–H and O–H groups in total. The third-order valence-electron chi connectivity index (χ3n) is 3.81. The van der Waals surface area contributed by atoms with Crippen molar-refractivity contribution in [3.05, 3.63) is 34.9 Å². The number of hydrogen-bond donors (Lipinski definition) is 1. The van der Waals surface area contributed by atoms with Gasteiger partial charge in [-0.1, -0.05) is 12.1 Å². The average molecular weight is 271 g/mol. The minimum Gasteiger partial charge on any atom is -0.354 e. The van der Waals surface area contributed by atoms with E-state index in [-0.39, 0.29) is 5.91 Å². The van der Waals surface area contributed by atoms with Gasteiger partial charge in [-0.25, -0.2) is 0 Å². The minimum absolute atomic E-state index is 0.0613. The van der Waals surface area contributed by atoms with Crippen molar-refractivity contribution in [3.8, 4) is 6.07 Å². The Morgan fingerprint density at radius 1 is 1.45 bits per heavy atom. The largest absolute Gasteiger partial charge is 0.354 e. The topological polar surface area (TPSA) is 56.1 Å². The maximum Gasteiger partial charge on any atom is 0.217 e. The summed E-state index contributed by atoms with van der Waals surface area (Å²) in [5.74, 6) is 0.0613. The van der Waals surface area contributed by atoms with Gasteiger partial charge in [-0.05, 0) is 37.0 Å². The van der Waals surface area contributed by atoms with Crippen LogP contribution in [0.1, 0.15) is 36.5 Å². The molecule has 106 valence electrons. The molecule has 0 radical (unpaired) electrons. The van der Waals surface area contributed by atoms with Gasteiger partial charge in [0.1, 0.15) is 0 Å². The van der Waals surface area contributed by atoms with Crippen molar-refractivity contribution in [1.29, 1.82) is 5.26 Å². The Morgan fingerprint density at radius 2 is 2.15 bits per heavy atom. The number of carbonyl (C=O) groups is 1. The molecule has 0 unspecified atom stereocenters. The van der Waals surface area contributed by atoms with Crippen LogP contribution in [0.15, 0.2) is 18.2 Å². The molecule has 0 bridgehead atoms. The lowest BCUT2D eigenvalue weighted by Gasteiger charge is -2.32. The zero-order valence-corrected chi connectivity index (χ0v) is 12.1. The highest BCUT2D eigenvalue weighted by molar-refractivity contribution is 5.73. The Hall–Kier alpha value is -1.86. The molecule has 4 heteroatoms. The summed E-state index contributed by atoms with van der Waals surface area (Å²) in [6.07, 6.45) is 2.02. The number of aryl methyl sites for hydroxylation is 1. The molecule has 1 amide bonds. The molecule has 1 aliphatic heterocycles. The molecule has 0 aliphatic carbocycles. The standard InChI is InChI=1S/C16H21N3O/c1-12-9-14(3-4-15(12)10-17)11-19-7-5-16(6-8-19)18-13(2)20/h3-4,9,16H,5-8,11H2,1-2H3,(H,18,20). The number of nitriles is 1. The average Bonchev–Trinajstić information content (AvgIpc) is 2.41. The van der Waals surface area contributed by atoms with Crippen molar-refractivity contribution in [3.63, 3.8) is 0 Å². The fourth-order valence-corrected chi connectivity index (χ4v) is 2.73. The van der Waals surface area contributed by atoms with Gasteiger partial charge in [0, 0.05) is 32.6 Å². The van der Waals surface area contributed by atoms with Crippen LogP contribution in [-0.4, -0.2) is 29.9 Å². The maximum absolute atomic E-state index is 11.0. The first-order chi connectivity index (χ1) is 9.58. The van der Waals surface area contributed by atoms with Crippen LogP contribution in [0.3, 0.4) is 0 Å². The van der Waals surface area contributed by atoms with Crippen LogP contribution in [0.2, 0.25) is 0 Å². The molecule has 0 spiro atoms. The van der Waals surface area contributed by atoms with E-state index < -0.39 is 0 Å². The summed E-state index contributed by atoms with van der Waals surface area (Å²) in [5.41, 5.74) is 3.04. The van der Waals surface area contributed by atoms with Gasteiger partial charge in [-0.15, -0.1) is 0 Å². The minimum atomic E-state index is 0.0613. The zero-order chi connectivity index (χ0) is 14.5. The Labute approximate surface area is 120 Å². The van der Waals surface area contributed by atoms with Gasteiger partial charge < -0.3 is 5.32 Å². The molecule has 0 saturated carbocycles. The SMILES string of the molecule is CC(=O)NC1CCN(Cc2ccc(C#N)c(C)c2)CC1. The number of nitrogens with zero attached hydrogens (tertiary/aromatic N) is 2. The summed E-state index contributed by atoms with van der Waals surface area (Å²) in [4.78, 5) is 13.4. The molecule has 1 heterocycles. The summed E-state index contributed by atoms with van der Waals surface area (Å²) < 4.78 is 0. The molecule has 1 fully saturated rings. The van der Waals surface area contributed by atoms with Gasteiger partial charge in [0.15, 0.2) is 0 Å². The number of amides is 1. The Balaban J connectivity index is 1.88. The summed E-state index contributed by atoms with van der Waals surface area (Å²) in [5, 5.41) is 11.9. The smallest absolute Gasteiger partial charge is 0.217 e. The van der Waals surface area contributed by atoms with Gasteiger partial charge in [0.05, 0.1) is 11.6 Å². The fraction of sp³-hybridized carbons (Fsp3) is 0.500. The first kappa shape index (κ1) is 14.5. The molecular formula is C16H21N3O. The lowest BCUT2D eigenvalue weighted by molar-refractivity contribution is -0.119. The zero-order valence-electron chi connectivity index (χ0n) is 12.1. The van der Waals surface area contributed by atoms with Crippen molar-refractivity contribution in [2.75, 3.05) is 13.1 Å². The Bertz CT molecular complexity index is 525. The third kappa shape index (κ3) is 3.82. The van der Waals surface area contributed by atoms with E-state index in [0.29, 0.717) is 6.04 Å². The summed E-state index contributed by atoms with van der Waals surface area (Å²) in [7, 11) is 0. The maximum atomic E-state index is 11.0. The molecule has 0 aromatic heterocycles. The molecule has 1 saturated heterocycles. The van der Waals surface area contributed by atoms with Gasteiger partial charge >= 0.3 is 0 Å². The second kappa shape index (κ2) is 6.53. The van der Waals surface area contributed by atoms with Crippen LogP contribution >= 0.6 is 0 Å². The van der Waals surface area contributed by atoms with Crippen molar-refractivity contribution in [2.45, 2.75) is 39.3 Å². The van der Waals surface area contributed by atoms with Gasteiger partial charge in [0.25, 0.3) is 0 Å². The van der Waals surface area contributed by atoms with Gasteiger partial charge in [-0.3, -0.25) is 9.69 Å². The molecule has 20 heavy (non-hydrogen) atoms. The highest BCUT2D eigenvalue weighted by atomic mass is 16.1. The third-order valence-corrected chi connectivity index (χ3v) is 3.81. The lowest BCUT2D eigenvalue weighted by Crippen LogP contribution is -2.43. The van der Waals surface area contributed by atoms with Crippen LogP contribution in [-0.2, 0) is 11.3 Å². The number of piperidine rings is 1. The predicted octanol–water partition coefficient (Wildman–Crippen LogP) is 1.97. The van der Waals surface area contributed by atoms with Gasteiger partial charge in [0.2, 0.25) is 5.91 Å². The van der Waals surface area contributed by atoms with E-state index in [1.807, 2.05) is 19.1 Å². The van der Waals surface area contributed by atoms with Crippen molar-refractivity contribution in [2.24, 2.45) is 0 Å². The van der Waals surface area contributed by atoms with Crippen LogP contribution < -0.4 is 5.32 Å². The van der Waals surface area contributed by atoms with Crippen LogP contribution in [0, 0.1) is 18.3 Å².